The van der Waals surface area contributed by atoms with Gasteiger partial charge in [0.1, 0.15) is 0 Å². The van der Waals surface area contributed by atoms with Crippen LogP contribution < -0.4 is 14.7 Å². The van der Waals surface area contributed by atoms with Gasteiger partial charge in [-0.3, -0.25) is 0 Å². The Labute approximate surface area is 409 Å². The Morgan fingerprint density at radius 3 is 0.913 bits per heavy atom. The van der Waals surface area contributed by atoms with Gasteiger partial charge in [0.2, 0.25) is 0 Å². The molecule has 10 aromatic rings. The van der Waals surface area contributed by atoms with Crippen molar-refractivity contribution in [3.05, 3.63) is 235 Å². The van der Waals surface area contributed by atoms with Crippen molar-refractivity contribution < 1.29 is 0 Å². The van der Waals surface area contributed by atoms with Crippen LogP contribution in [0.2, 0.25) is 0 Å². The first-order valence-electron chi connectivity index (χ1n) is 24.4. The van der Waals surface area contributed by atoms with E-state index in [2.05, 4.69) is 295 Å². The average molecular weight is 898 g/mol. The zero-order chi connectivity index (χ0) is 48.1. The molecule has 0 N–H and O–H groups in total. The van der Waals surface area contributed by atoms with E-state index < -0.39 is 0 Å². The molecule has 10 rings (SSSR count). The molecule has 0 aliphatic heterocycles. The minimum atomic E-state index is -0.0270. The second-order valence-corrected chi connectivity index (χ2v) is 21.6. The van der Waals surface area contributed by atoms with Gasteiger partial charge in [0.15, 0.2) is 0 Å². The van der Waals surface area contributed by atoms with E-state index in [9.17, 15) is 0 Å². The molecule has 3 nitrogen and oxygen atoms in total. The molecule has 0 bridgehead atoms. The number of fused-ring (bicyclic) bond motifs is 3. The van der Waals surface area contributed by atoms with E-state index in [1.54, 1.807) is 0 Å². The molecule has 342 valence electrons. The van der Waals surface area contributed by atoms with E-state index >= 15 is 0 Å². The predicted molar refractivity (Wildman–Crippen MR) is 299 cm³/mol. The van der Waals surface area contributed by atoms with Gasteiger partial charge in [-0.05, 0) is 127 Å². The number of benzene rings is 10. The van der Waals surface area contributed by atoms with Gasteiger partial charge in [0.05, 0.1) is 22.7 Å². The highest BCUT2D eigenvalue weighted by Gasteiger charge is 2.30. The first kappa shape index (κ1) is 45.2. The Hall–Kier alpha value is -7.62. The summed E-state index contributed by atoms with van der Waals surface area (Å²) in [4.78, 5) is 7.45. The molecule has 0 spiro atoms. The zero-order valence-corrected chi connectivity index (χ0v) is 41.6. The normalized spacial score (nSPS) is 12.1. The molecular formula is C66H63N3. The molecule has 0 aromatic heterocycles. The molecule has 0 unspecified atom stereocenters. The van der Waals surface area contributed by atoms with E-state index in [1.807, 2.05) is 0 Å². The van der Waals surface area contributed by atoms with Crippen LogP contribution in [-0.4, -0.2) is 0 Å². The third kappa shape index (κ3) is 8.86. The highest BCUT2D eigenvalue weighted by Crippen LogP contribution is 2.54. The molecule has 0 heterocycles. The molecule has 0 aliphatic carbocycles. The molecule has 69 heavy (non-hydrogen) atoms. The van der Waals surface area contributed by atoms with Gasteiger partial charge in [-0.2, -0.15) is 0 Å². The number of hydrogen-bond acceptors (Lipinski definition) is 3. The summed E-state index contributed by atoms with van der Waals surface area (Å²) >= 11 is 0. The number of para-hydroxylation sites is 4. The fourth-order valence-corrected chi connectivity index (χ4v) is 9.74. The minimum absolute atomic E-state index is 0.0231. The van der Waals surface area contributed by atoms with Crippen LogP contribution in [0.1, 0.15) is 79.0 Å². The molecule has 0 radical (unpaired) electrons. The van der Waals surface area contributed by atoms with Gasteiger partial charge in [-0.25, -0.2) is 0 Å². The van der Waals surface area contributed by atoms with Gasteiger partial charge in [-0.1, -0.05) is 208 Å². The fraction of sp³-hybridized carbons (Fsp3) is 0.182. The van der Waals surface area contributed by atoms with Gasteiger partial charge in [0.25, 0.3) is 0 Å². The van der Waals surface area contributed by atoms with Crippen LogP contribution in [0, 0.1) is 0 Å². The van der Waals surface area contributed by atoms with E-state index in [1.165, 1.54) is 38.2 Å². The Balaban J connectivity index is 1.37. The molecular weight excluding hydrogens is 835 g/mol. The van der Waals surface area contributed by atoms with E-state index in [-0.39, 0.29) is 16.2 Å². The van der Waals surface area contributed by atoms with Crippen LogP contribution in [0.4, 0.5) is 51.2 Å². The molecule has 0 fully saturated rings. The maximum Gasteiger partial charge on any atom is 0.0781 e. The van der Waals surface area contributed by atoms with Gasteiger partial charge >= 0.3 is 0 Å². The Kier molecular flexibility index (Phi) is 11.7. The second kappa shape index (κ2) is 17.8. The van der Waals surface area contributed by atoms with Gasteiger partial charge in [-0.15, -0.1) is 0 Å². The average Bonchev–Trinajstić information content (AvgIpc) is 3.35. The summed E-state index contributed by atoms with van der Waals surface area (Å²) in [5.41, 5.74) is 13.6. The van der Waals surface area contributed by atoms with Crippen molar-refractivity contribution in [2.24, 2.45) is 0 Å². The van der Waals surface area contributed by atoms with Crippen molar-refractivity contribution in [2.45, 2.75) is 78.6 Å². The minimum Gasteiger partial charge on any atom is -0.308 e. The van der Waals surface area contributed by atoms with Crippen molar-refractivity contribution in [2.75, 3.05) is 14.7 Å². The SMILES string of the molecule is CC(C)(C)c1ccc2cc(N(c3ccc4cc(C(C)(C)C)ccc4c3N(c3ccccc3)c3ccccc3)c3ccc4cc(C(C)(C)C)ccc4c3N(c3ccccc3)c3ccccc3)ccc2c1. The molecule has 3 heteroatoms. The lowest BCUT2D eigenvalue weighted by Crippen LogP contribution is -2.20. The lowest BCUT2D eigenvalue weighted by molar-refractivity contribution is 0.591. The molecule has 0 aliphatic rings. The van der Waals surface area contributed by atoms with Crippen molar-refractivity contribution in [3.8, 4) is 0 Å². The van der Waals surface area contributed by atoms with Gasteiger partial charge < -0.3 is 14.7 Å². The molecule has 0 saturated carbocycles. The van der Waals surface area contributed by atoms with Crippen LogP contribution in [-0.2, 0) is 16.2 Å². The van der Waals surface area contributed by atoms with Crippen LogP contribution in [0.15, 0.2) is 218 Å². The standard InChI is InChI=1S/C66H63N3/c1-64(2,3)50-34-30-47-45-57(37-31-46(47)42-50)69(60-40-32-48-43-51(65(4,5)6)35-38-58(48)62(60)67(53-22-14-10-15-23-53)54-24-16-11-17-25-54)61-41-33-49-44-52(66(7,8)9)36-39-59(49)63(61)68(55-26-18-12-19-27-55)56-28-20-13-21-29-56/h10-45H,1-9H3. The number of hydrogen-bond donors (Lipinski definition) is 0. The van der Waals surface area contributed by atoms with Crippen molar-refractivity contribution in [1.82, 2.24) is 0 Å². The maximum atomic E-state index is 2.54. The highest BCUT2D eigenvalue weighted by molar-refractivity contribution is 6.12. The monoisotopic (exact) mass is 898 g/mol. The summed E-state index contributed by atoms with van der Waals surface area (Å²) in [6.45, 7) is 20.7. The Morgan fingerprint density at radius 2 is 0.551 bits per heavy atom. The lowest BCUT2D eigenvalue weighted by Gasteiger charge is -2.37. The van der Waals surface area contributed by atoms with Gasteiger partial charge in [0, 0.05) is 39.2 Å². The summed E-state index contributed by atoms with van der Waals surface area (Å²) in [6, 6.07) is 81.0. The quantitative estimate of drug-likeness (QED) is 0.143. The van der Waals surface area contributed by atoms with Crippen LogP contribution in [0.25, 0.3) is 32.3 Å². The van der Waals surface area contributed by atoms with E-state index in [4.69, 9.17) is 0 Å². The number of anilines is 9. The van der Waals surface area contributed by atoms with E-state index in [0.717, 1.165) is 62.0 Å². The summed E-state index contributed by atoms with van der Waals surface area (Å²) in [6.07, 6.45) is 0. The smallest absolute Gasteiger partial charge is 0.0781 e. The lowest BCUT2D eigenvalue weighted by atomic mass is 9.85. The van der Waals surface area contributed by atoms with E-state index in [0.29, 0.717) is 0 Å². The first-order chi connectivity index (χ1) is 33.1. The summed E-state index contributed by atoms with van der Waals surface area (Å²) in [5, 5.41) is 7.11. The summed E-state index contributed by atoms with van der Waals surface area (Å²) in [7, 11) is 0. The summed E-state index contributed by atoms with van der Waals surface area (Å²) < 4.78 is 0. The third-order valence-corrected chi connectivity index (χ3v) is 13.6. The molecule has 10 aromatic carbocycles. The number of nitrogens with zero attached hydrogens (tertiary/aromatic N) is 3. The largest absolute Gasteiger partial charge is 0.308 e. The Bertz CT molecular complexity index is 3170. The second-order valence-electron chi connectivity index (χ2n) is 21.6. The summed E-state index contributed by atoms with van der Waals surface area (Å²) in [5.74, 6) is 0. The first-order valence-corrected chi connectivity index (χ1v) is 24.4. The fourth-order valence-electron chi connectivity index (χ4n) is 9.74. The molecule has 0 atom stereocenters. The maximum absolute atomic E-state index is 2.54. The third-order valence-electron chi connectivity index (χ3n) is 13.6. The molecule has 0 saturated heterocycles. The topological polar surface area (TPSA) is 9.72 Å². The van der Waals surface area contributed by atoms with Crippen LogP contribution in [0.3, 0.4) is 0 Å². The highest BCUT2D eigenvalue weighted by atomic mass is 15.2. The van der Waals surface area contributed by atoms with Crippen molar-refractivity contribution in [3.63, 3.8) is 0 Å². The van der Waals surface area contributed by atoms with Crippen LogP contribution in [0.5, 0.6) is 0 Å². The predicted octanol–water partition coefficient (Wildman–Crippen LogP) is 19.4. The zero-order valence-electron chi connectivity index (χ0n) is 41.6. The van der Waals surface area contributed by atoms with Crippen molar-refractivity contribution in [1.29, 1.82) is 0 Å². The molecule has 0 amide bonds. The Morgan fingerprint density at radius 1 is 0.246 bits per heavy atom. The number of rotatable bonds is 9. The van der Waals surface area contributed by atoms with Crippen molar-refractivity contribution >= 4 is 83.5 Å². The van der Waals surface area contributed by atoms with Crippen LogP contribution >= 0.6 is 0 Å².